The third-order valence-corrected chi connectivity index (χ3v) is 4.30. The molecule has 5 heteroatoms. The van der Waals surface area contributed by atoms with E-state index in [0.717, 1.165) is 17.7 Å². The molecule has 2 aromatic carbocycles. The molecule has 2 rings (SSSR count). The number of anilines is 1. The second kappa shape index (κ2) is 8.94. The van der Waals surface area contributed by atoms with Gasteiger partial charge in [0.05, 0.1) is 5.56 Å². The van der Waals surface area contributed by atoms with Crippen LogP contribution in [0.4, 0.5) is 5.69 Å². The van der Waals surface area contributed by atoms with Gasteiger partial charge < -0.3 is 10.1 Å². The van der Waals surface area contributed by atoms with Gasteiger partial charge in [-0.3, -0.25) is 9.59 Å². The molecule has 0 saturated carbocycles. The van der Waals surface area contributed by atoms with Crippen LogP contribution in [0.15, 0.2) is 48.5 Å². The first-order valence-electron chi connectivity index (χ1n) is 8.62. The van der Waals surface area contributed by atoms with Crippen LogP contribution in [0.3, 0.4) is 0 Å². The molecule has 0 unspecified atom stereocenters. The van der Waals surface area contributed by atoms with Gasteiger partial charge in [-0.05, 0) is 43.0 Å². The topological polar surface area (TPSA) is 72.5 Å². The summed E-state index contributed by atoms with van der Waals surface area (Å²) in [5.41, 5.74) is 2.53. The first-order valence-corrected chi connectivity index (χ1v) is 8.62. The third kappa shape index (κ3) is 4.79. The number of nitrogens with one attached hydrogen (secondary N) is 1. The molecule has 0 spiro atoms. The molecule has 0 aromatic heterocycles. The molecular weight excluding hydrogens is 330 g/mol. The summed E-state index contributed by atoms with van der Waals surface area (Å²) >= 11 is 0. The van der Waals surface area contributed by atoms with Gasteiger partial charge in [0.15, 0.2) is 6.10 Å². The molecule has 0 aliphatic heterocycles. The van der Waals surface area contributed by atoms with E-state index in [1.54, 1.807) is 0 Å². The monoisotopic (exact) mass is 353 g/mol. The lowest BCUT2D eigenvalue weighted by molar-refractivity contribution is -0.123. The number of ether oxygens (including phenoxy) is 1. The molecule has 0 fully saturated rings. The van der Waals surface area contributed by atoms with Crippen LogP contribution in [-0.4, -0.2) is 24.3 Å². The van der Waals surface area contributed by atoms with Crippen LogP contribution < -0.4 is 5.32 Å². The summed E-state index contributed by atoms with van der Waals surface area (Å²) in [6, 6.07) is 13.6. The molecule has 136 valence electrons. The zero-order valence-electron chi connectivity index (χ0n) is 15.2. The quantitative estimate of drug-likeness (QED) is 0.598. The van der Waals surface area contributed by atoms with E-state index in [4.69, 9.17) is 4.74 Å². The van der Waals surface area contributed by atoms with Crippen molar-refractivity contribution in [2.45, 2.75) is 39.2 Å². The lowest BCUT2D eigenvalue weighted by Crippen LogP contribution is -2.30. The number of hydrogen-bond acceptors (Lipinski definition) is 4. The maximum Gasteiger partial charge on any atom is 0.338 e. The van der Waals surface area contributed by atoms with Crippen LogP contribution >= 0.6 is 0 Å². The van der Waals surface area contributed by atoms with E-state index in [0.29, 0.717) is 17.8 Å². The minimum atomic E-state index is -0.946. The van der Waals surface area contributed by atoms with Gasteiger partial charge in [0.25, 0.3) is 5.91 Å². The molecule has 26 heavy (non-hydrogen) atoms. The Labute approximate surface area is 153 Å². The molecule has 0 saturated heterocycles. The van der Waals surface area contributed by atoms with Crippen molar-refractivity contribution in [3.05, 3.63) is 65.2 Å². The summed E-state index contributed by atoms with van der Waals surface area (Å²) in [6.07, 6.45) is 0.701. The van der Waals surface area contributed by atoms with Crippen LogP contribution in [0.5, 0.6) is 0 Å². The minimum absolute atomic E-state index is 0.287. The molecule has 1 N–H and O–H groups in total. The first kappa shape index (κ1) is 19.4. The number of para-hydroxylation sites is 1. The maximum absolute atomic E-state index is 12.4. The molecule has 0 bridgehead atoms. The van der Waals surface area contributed by atoms with Crippen molar-refractivity contribution >= 4 is 23.9 Å². The molecule has 2 aromatic rings. The molecule has 2 atom stereocenters. The van der Waals surface area contributed by atoms with Crippen molar-refractivity contribution < 1.29 is 19.1 Å². The summed E-state index contributed by atoms with van der Waals surface area (Å²) in [5, 5.41) is 2.84. The second-order valence-corrected chi connectivity index (χ2v) is 6.17. The minimum Gasteiger partial charge on any atom is -0.449 e. The zero-order valence-corrected chi connectivity index (χ0v) is 15.2. The number of hydrogen-bond donors (Lipinski definition) is 1. The van der Waals surface area contributed by atoms with Crippen molar-refractivity contribution in [2.75, 3.05) is 5.32 Å². The molecular formula is C21H23NO4. The Balaban J connectivity index is 2.03. The predicted octanol–water partition coefficient (Wildman–Crippen LogP) is 4.20. The van der Waals surface area contributed by atoms with Crippen LogP contribution in [0.2, 0.25) is 0 Å². The number of aldehydes is 1. The normalized spacial score (nSPS) is 12.7. The highest BCUT2D eigenvalue weighted by Crippen LogP contribution is 2.26. The van der Waals surface area contributed by atoms with Crippen molar-refractivity contribution in [2.24, 2.45) is 0 Å². The van der Waals surface area contributed by atoms with Gasteiger partial charge in [0.2, 0.25) is 0 Å². The molecule has 0 radical (unpaired) electrons. The van der Waals surface area contributed by atoms with E-state index < -0.39 is 18.0 Å². The fraction of sp³-hybridized carbons (Fsp3) is 0.286. The largest absolute Gasteiger partial charge is 0.449 e. The van der Waals surface area contributed by atoms with E-state index in [9.17, 15) is 14.4 Å². The Kier molecular flexibility index (Phi) is 6.67. The number of carbonyl (C=O) groups is 3. The van der Waals surface area contributed by atoms with Crippen molar-refractivity contribution in [3.8, 4) is 0 Å². The van der Waals surface area contributed by atoms with Gasteiger partial charge in [-0.2, -0.15) is 0 Å². The molecule has 0 aliphatic rings. The van der Waals surface area contributed by atoms with Gasteiger partial charge in [0, 0.05) is 11.3 Å². The maximum atomic E-state index is 12.4. The number of esters is 1. The van der Waals surface area contributed by atoms with Gasteiger partial charge in [-0.25, -0.2) is 4.79 Å². The Bertz CT molecular complexity index is 783. The van der Waals surface area contributed by atoms with Gasteiger partial charge >= 0.3 is 5.97 Å². The van der Waals surface area contributed by atoms with Crippen molar-refractivity contribution in [1.82, 2.24) is 0 Å². The van der Waals surface area contributed by atoms with E-state index in [1.807, 2.05) is 24.3 Å². The number of amides is 1. The highest BCUT2D eigenvalue weighted by atomic mass is 16.5. The standard InChI is InChI=1S/C21H23NO4/c1-4-14(2)18-7-5-6-8-19(18)22-20(24)15(3)26-21(25)17-11-9-16(13-23)10-12-17/h5-15H,4H2,1-3H3,(H,22,24)/t14-,15-/m0/s1. The fourth-order valence-electron chi connectivity index (χ4n) is 2.47. The van der Waals surface area contributed by atoms with Gasteiger partial charge in [-0.1, -0.05) is 44.2 Å². The van der Waals surface area contributed by atoms with E-state index in [2.05, 4.69) is 19.2 Å². The van der Waals surface area contributed by atoms with Crippen molar-refractivity contribution in [1.29, 1.82) is 0 Å². The van der Waals surface area contributed by atoms with Gasteiger partial charge in [0.1, 0.15) is 6.29 Å². The van der Waals surface area contributed by atoms with E-state index >= 15 is 0 Å². The zero-order chi connectivity index (χ0) is 19.1. The molecule has 1 amide bonds. The molecule has 0 aliphatic carbocycles. The summed E-state index contributed by atoms with van der Waals surface area (Å²) in [5.74, 6) is -0.695. The van der Waals surface area contributed by atoms with Crippen LogP contribution in [0.25, 0.3) is 0 Å². The van der Waals surface area contributed by atoms with E-state index in [-0.39, 0.29) is 5.56 Å². The lowest BCUT2D eigenvalue weighted by Gasteiger charge is -2.18. The average Bonchev–Trinajstić information content (AvgIpc) is 2.67. The third-order valence-electron chi connectivity index (χ3n) is 4.30. The summed E-state index contributed by atoms with van der Waals surface area (Å²) in [7, 11) is 0. The molecule has 0 heterocycles. The highest BCUT2D eigenvalue weighted by molar-refractivity contribution is 5.98. The summed E-state index contributed by atoms with van der Waals surface area (Å²) in [4.78, 5) is 35.2. The average molecular weight is 353 g/mol. The van der Waals surface area contributed by atoms with E-state index in [1.165, 1.54) is 31.2 Å². The Morgan fingerprint density at radius 2 is 1.73 bits per heavy atom. The van der Waals surface area contributed by atoms with Crippen LogP contribution in [-0.2, 0) is 9.53 Å². The first-order chi connectivity index (χ1) is 12.5. The number of rotatable bonds is 7. The van der Waals surface area contributed by atoms with Gasteiger partial charge in [-0.15, -0.1) is 0 Å². The van der Waals surface area contributed by atoms with Crippen LogP contribution in [0, 0.1) is 0 Å². The summed E-state index contributed by atoms with van der Waals surface area (Å²) < 4.78 is 5.23. The second-order valence-electron chi connectivity index (χ2n) is 6.17. The summed E-state index contributed by atoms with van der Waals surface area (Å²) in [6.45, 7) is 5.71. The predicted molar refractivity (Wildman–Crippen MR) is 100 cm³/mol. The Morgan fingerprint density at radius 3 is 2.35 bits per heavy atom. The highest BCUT2D eigenvalue weighted by Gasteiger charge is 2.20. The lowest BCUT2D eigenvalue weighted by atomic mass is 9.97. The number of carbonyl (C=O) groups excluding carboxylic acids is 3. The smallest absolute Gasteiger partial charge is 0.338 e. The SMILES string of the molecule is CC[C@H](C)c1ccccc1NC(=O)[C@H](C)OC(=O)c1ccc(C=O)cc1. The fourth-order valence-corrected chi connectivity index (χ4v) is 2.47. The van der Waals surface area contributed by atoms with Crippen molar-refractivity contribution in [3.63, 3.8) is 0 Å². The Morgan fingerprint density at radius 1 is 1.08 bits per heavy atom. The Hall–Kier alpha value is -2.95. The number of benzene rings is 2. The van der Waals surface area contributed by atoms with Crippen LogP contribution in [0.1, 0.15) is 59.4 Å². The molecule has 5 nitrogen and oxygen atoms in total.